The number of unbranched alkanes of at least 4 members (excludes halogenated alkanes) is 1. The molecule has 0 spiro atoms. The number of nitrogens with two attached hydrogens (primary N) is 1. The van der Waals surface area contributed by atoms with Gasteiger partial charge in [0.1, 0.15) is 11.5 Å². The van der Waals surface area contributed by atoms with Crippen molar-refractivity contribution in [1.29, 1.82) is 0 Å². The SMILES string of the molecule is CCCCn1c(N)c(NCC(C)S(C)=O)c(=O)[nH]c1=O. The van der Waals surface area contributed by atoms with Gasteiger partial charge in [-0.2, -0.15) is 0 Å². The van der Waals surface area contributed by atoms with Crippen molar-refractivity contribution < 1.29 is 4.21 Å². The zero-order chi connectivity index (χ0) is 15.3. The minimum Gasteiger partial charge on any atom is -0.383 e. The van der Waals surface area contributed by atoms with Crippen LogP contribution in [0.15, 0.2) is 9.59 Å². The summed E-state index contributed by atoms with van der Waals surface area (Å²) in [5.74, 6) is 0.126. The monoisotopic (exact) mass is 302 g/mol. The summed E-state index contributed by atoms with van der Waals surface area (Å²) in [7, 11) is -0.996. The Morgan fingerprint density at radius 3 is 2.65 bits per heavy atom. The van der Waals surface area contributed by atoms with Gasteiger partial charge in [-0.25, -0.2) is 4.79 Å². The lowest BCUT2D eigenvalue weighted by atomic mass is 10.3. The molecule has 1 aromatic rings. The van der Waals surface area contributed by atoms with Gasteiger partial charge in [0.25, 0.3) is 5.56 Å². The van der Waals surface area contributed by atoms with Crippen LogP contribution in [0.25, 0.3) is 0 Å². The first-order valence-electron chi connectivity index (χ1n) is 6.57. The van der Waals surface area contributed by atoms with E-state index >= 15 is 0 Å². The first kappa shape index (κ1) is 16.5. The van der Waals surface area contributed by atoms with E-state index in [-0.39, 0.29) is 16.8 Å². The minimum absolute atomic E-state index is 0.121. The number of aromatic nitrogens is 2. The number of H-pyrrole nitrogens is 1. The molecule has 0 amide bonds. The number of nitrogen functional groups attached to an aromatic ring is 1. The number of anilines is 2. The summed E-state index contributed by atoms with van der Waals surface area (Å²) in [6, 6.07) is 0. The van der Waals surface area contributed by atoms with Crippen LogP contribution in [-0.2, 0) is 17.3 Å². The highest BCUT2D eigenvalue weighted by Gasteiger charge is 2.13. The molecular weight excluding hydrogens is 280 g/mol. The molecule has 0 aliphatic carbocycles. The highest BCUT2D eigenvalue weighted by molar-refractivity contribution is 7.84. The number of hydrogen-bond donors (Lipinski definition) is 3. The molecule has 0 saturated heterocycles. The summed E-state index contributed by atoms with van der Waals surface area (Å²) in [6.07, 6.45) is 3.31. The third-order valence-corrected chi connectivity index (χ3v) is 4.41. The average molecular weight is 302 g/mol. The second kappa shape index (κ2) is 7.28. The molecule has 7 nitrogen and oxygen atoms in total. The first-order chi connectivity index (χ1) is 9.38. The van der Waals surface area contributed by atoms with E-state index in [1.165, 1.54) is 4.57 Å². The fourth-order valence-corrected chi connectivity index (χ4v) is 1.98. The van der Waals surface area contributed by atoms with Crippen LogP contribution in [0.5, 0.6) is 0 Å². The lowest BCUT2D eigenvalue weighted by Gasteiger charge is -2.15. The maximum absolute atomic E-state index is 11.8. The van der Waals surface area contributed by atoms with E-state index in [4.69, 9.17) is 5.73 Å². The molecule has 0 fully saturated rings. The zero-order valence-electron chi connectivity index (χ0n) is 12.1. The fourth-order valence-electron chi connectivity index (χ4n) is 1.66. The van der Waals surface area contributed by atoms with Gasteiger partial charge >= 0.3 is 5.69 Å². The normalized spacial score (nSPS) is 13.9. The Labute approximate surface area is 120 Å². The summed E-state index contributed by atoms with van der Waals surface area (Å²) in [4.78, 5) is 25.7. The molecule has 0 aliphatic heterocycles. The van der Waals surface area contributed by atoms with Crippen LogP contribution < -0.4 is 22.3 Å². The predicted molar refractivity (Wildman–Crippen MR) is 82.7 cm³/mol. The van der Waals surface area contributed by atoms with E-state index in [0.717, 1.165) is 12.8 Å². The van der Waals surface area contributed by atoms with Crippen molar-refractivity contribution in [3.8, 4) is 0 Å². The number of nitrogens with zero attached hydrogens (tertiary/aromatic N) is 1. The van der Waals surface area contributed by atoms with Gasteiger partial charge in [-0.05, 0) is 13.3 Å². The van der Waals surface area contributed by atoms with Crippen LogP contribution >= 0.6 is 0 Å². The maximum atomic E-state index is 11.8. The molecule has 4 N–H and O–H groups in total. The molecule has 1 rings (SSSR count). The Balaban J connectivity index is 3.04. The maximum Gasteiger partial charge on any atom is 0.330 e. The summed E-state index contributed by atoms with van der Waals surface area (Å²) in [6.45, 7) is 4.62. The molecule has 0 aromatic carbocycles. The van der Waals surface area contributed by atoms with Crippen LogP contribution in [0.2, 0.25) is 0 Å². The van der Waals surface area contributed by atoms with Gasteiger partial charge < -0.3 is 11.1 Å². The van der Waals surface area contributed by atoms with Crippen LogP contribution in [0.4, 0.5) is 11.5 Å². The predicted octanol–water partition coefficient (Wildman–Crippen LogP) is 0.0978. The second-order valence-corrected chi connectivity index (χ2v) is 6.52. The Bertz CT molecular complexity index is 593. The van der Waals surface area contributed by atoms with Crippen molar-refractivity contribution >= 4 is 22.3 Å². The molecule has 1 aromatic heterocycles. The topological polar surface area (TPSA) is 110 Å². The molecule has 20 heavy (non-hydrogen) atoms. The number of nitrogens with one attached hydrogen (secondary N) is 2. The Hall–Kier alpha value is -1.57. The number of hydrogen-bond acceptors (Lipinski definition) is 5. The summed E-state index contributed by atoms with van der Waals surface area (Å²) < 4.78 is 12.6. The van der Waals surface area contributed by atoms with E-state index in [2.05, 4.69) is 10.3 Å². The molecule has 0 saturated carbocycles. The Kier molecular flexibility index (Phi) is 6.00. The van der Waals surface area contributed by atoms with Gasteiger partial charge in [0.2, 0.25) is 0 Å². The Morgan fingerprint density at radius 2 is 2.10 bits per heavy atom. The lowest BCUT2D eigenvalue weighted by Crippen LogP contribution is -2.35. The molecule has 1 heterocycles. The number of aromatic amines is 1. The summed E-state index contributed by atoms with van der Waals surface area (Å²) >= 11 is 0. The van der Waals surface area contributed by atoms with Gasteiger partial charge in [-0.1, -0.05) is 13.3 Å². The van der Waals surface area contributed by atoms with Gasteiger partial charge in [-0.3, -0.25) is 18.6 Å². The molecule has 2 unspecified atom stereocenters. The molecule has 0 aliphatic rings. The van der Waals surface area contributed by atoms with E-state index in [9.17, 15) is 13.8 Å². The number of rotatable bonds is 7. The van der Waals surface area contributed by atoms with Crippen LogP contribution in [-0.4, -0.2) is 31.8 Å². The van der Waals surface area contributed by atoms with Crippen LogP contribution in [0.1, 0.15) is 26.7 Å². The third kappa shape index (κ3) is 3.96. The van der Waals surface area contributed by atoms with Crippen LogP contribution in [0.3, 0.4) is 0 Å². The smallest absolute Gasteiger partial charge is 0.330 e. The second-order valence-electron chi connectivity index (χ2n) is 4.71. The molecule has 2 atom stereocenters. The van der Waals surface area contributed by atoms with Crippen LogP contribution in [0, 0.1) is 0 Å². The largest absolute Gasteiger partial charge is 0.383 e. The fraction of sp³-hybridized carbons (Fsp3) is 0.667. The lowest BCUT2D eigenvalue weighted by molar-refractivity contribution is 0.605. The quantitative estimate of drug-likeness (QED) is 0.661. The van der Waals surface area contributed by atoms with Crippen molar-refractivity contribution in [1.82, 2.24) is 9.55 Å². The van der Waals surface area contributed by atoms with E-state index in [1.54, 1.807) is 13.2 Å². The molecular formula is C12H22N4O3S. The molecule has 0 radical (unpaired) electrons. The molecule has 0 bridgehead atoms. The first-order valence-corrected chi connectivity index (χ1v) is 8.19. The van der Waals surface area contributed by atoms with Gasteiger partial charge in [0, 0.05) is 35.4 Å². The standard InChI is InChI=1S/C12H22N4O3S/c1-4-5-6-16-10(13)9(11(17)15-12(16)18)14-7-8(2)20(3)19/h8,14H,4-7,13H2,1-3H3,(H,15,17,18). The van der Waals surface area contributed by atoms with E-state index in [0.29, 0.717) is 13.1 Å². The third-order valence-electron chi connectivity index (χ3n) is 3.11. The minimum atomic E-state index is -0.996. The van der Waals surface area contributed by atoms with Crippen molar-refractivity contribution in [2.75, 3.05) is 23.9 Å². The molecule has 114 valence electrons. The van der Waals surface area contributed by atoms with Crippen molar-refractivity contribution in [3.05, 3.63) is 20.8 Å². The summed E-state index contributed by atoms with van der Waals surface area (Å²) in [5.41, 5.74) is 5.01. The Morgan fingerprint density at radius 1 is 1.45 bits per heavy atom. The average Bonchev–Trinajstić information content (AvgIpc) is 2.37. The van der Waals surface area contributed by atoms with E-state index in [1.807, 2.05) is 6.92 Å². The van der Waals surface area contributed by atoms with E-state index < -0.39 is 22.0 Å². The van der Waals surface area contributed by atoms with Gasteiger partial charge in [0.15, 0.2) is 0 Å². The highest BCUT2D eigenvalue weighted by Crippen LogP contribution is 2.11. The van der Waals surface area contributed by atoms with Crippen molar-refractivity contribution in [2.45, 2.75) is 38.5 Å². The zero-order valence-corrected chi connectivity index (χ0v) is 12.9. The summed E-state index contributed by atoms with van der Waals surface area (Å²) in [5, 5.41) is 2.76. The highest BCUT2D eigenvalue weighted by atomic mass is 32.2. The van der Waals surface area contributed by atoms with Gasteiger partial charge in [-0.15, -0.1) is 0 Å². The van der Waals surface area contributed by atoms with Crippen molar-refractivity contribution in [3.63, 3.8) is 0 Å². The van der Waals surface area contributed by atoms with Crippen molar-refractivity contribution in [2.24, 2.45) is 0 Å². The molecule has 8 heteroatoms. The van der Waals surface area contributed by atoms with Gasteiger partial charge in [0.05, 0.1) is 0 Å².